The highest BCUT2D eigenvalue weighted by Crippen LogP contribution is 2.28. The molecular weight excluding hydrogens is 380 g/mol. The fourth-order valence-corrected chi connectivity index (χ4v) is 2.93. The molecule has 0 bridgehead atoms. The van der Waals surface area contributed by atoms with Crippen molar-refractivity contribution >= 4 is 0 Å². The molecule has 0 saturated carbocycles. The first-order valence-corrected chi connectivity index (χ1v) is 9.58. The summed E-state index contributed by atoms with van der Waals surface area (Å²) in [5.41, 5.74) is 6.54. The number of nitrogens with one attached hydrogen (secondary N) is 2. The molecule has 0 aliphatic carbocycles. The summed E-state index contributed by atoms with van der Waals surface area (Å²) in [4.78, 5) is 0. The van der Waals surface area contributed by atoms with Gasteiger partial charge in [-0.1, -0.05) is 48.5 Å². The van der Waals surface area contributed by atoms with E-state index < -0.39 is 0 Å². The van der Waals surface area contributed by atoms with Crippen molar-refractivity contribution < 1.29 is 9.47 Å². The lowest BCUT2D eigenvalue weighted by Crippen LogP contribution is -1.92. The van der Waals surface area contributed by atoms with Crippen LogP contribution in [-0.4, -0.2) is 44.0 Å². The third-order valence-electron chi connectivity index (χ3n) is 4.37. The molecule has 2 N–H and O–H groups in total. The van der Waals surface area contributed by atoms with Crippen LogP contribution in [0.2, 0.25) is 0 Å². The van der Waals surface area contributed by atoms with Crippen molar-refractivity contribution in [3.05, 3.63) is 73.1 Å². The van der Waals surface area contributed by atoms with E-state index in [1.54, 1.807) is 0 Å². The number of hydrogen-bond donors (Lipinski definition) is 2. The van der Waals surface area contributed by atoms with Crippen LogP contribution in [0.3, 0.4) is 0 Å². The fourth-order valence-electron chi connectivity index (χ4n) is 2.93. The number of rotatable bonds is 9. The summed E-state index contributed by atoms with van der Waals surface area (Å²) in [7, 11) is 0. The van der Waals surface area contributed by atoms with E-state index in [9.17, 15) is 0 Å². The summed E-state index contributed by atoms with van der Waals surface area (Å²) in [6.45, 7) is 10.4. The Kier molecular flexibility index (Phi) is 6.26. The van der Waals surface area contributed by atoms with E-state index in [0.717, 1.165) is 22.3 Å². The third-order valence-corrected chi connectivity index (χ3v) is 4.37. The summed E-state index contributed by atoms with van der Waals surface area (Å²) < 4.78 is 10.4. The highest BCUT2D eigenvalue weighted by atomic mass is 16.5. The predicted molar refractivity (Wildman–Crippen MR) is 111 cm³/mol. The summed E-state index contributed by atoms with van der Waals surface area (Å²) in [6.07, 6.45) is 0. The van der Waals surface area contributed by atoms with Crippen LogP contribution in [0.15, 0.2) is 48.5 Å². The monoisotopic (exact) mass is 400 g/mol. The van der Waals surface area contributed by atoms with E-state index in [0.29, 0.717) is 36.0 Å². The molecule has 4 radical (unpaired) electrons. The van der Waals surface area contributed by atoms with Gasteiger partial charge in [0.25, 0.3) is 0 Å². The van der Waals surface area contributed by atoms with Gasteiger partial charge in [0, 0.05) is 24.3 Å². The number of hydrogen-bond acceptors (Lipinski definition) is 6. The van der Waals surface area contributed by atoms with Gasteiger partial charge in [-0.15, -0.1) is 0 Å². The zero-order valence-electron chi connectivity index (χ0n) is 16.6. The summed E-state index contributed by atoms with van der Waals surface area (Å²) in [6, 6.07) is 16.2. The maximum absolute atomic E-state index is 5.21. The highest BCUT2D eigenvalue weighted by Gasteiger charge is 2.13. The van der Waals surface area contributed by atoms with Crippen LogP contribution in [0.25, 0.3) is 33.6 Å². The Balaban J connectivity index is 1.52. The molecule has 150 valence electrons. The molecule has 2 heterocycles. The number of benzene rings is 2. The summed E-state index contributed by atoms with van der Waals surface area (Å²) in [5.74, 6) is 0. The predicted octanol–water partition coefficient (Wildman–Crippen LogP) is 3.77. The Labute approximate surface area is 174 Å². The maximum Gasteiger partial charge on any atom is 0.190 e. The molecule has 0 spiro atoms. The zero-order valence-corrected chi connectivity index (χ0v) is 16.6. The van der Waals surface area contributed by atoms with Crippen molar-refractivity contribution in [3.63, 3.8) is 0 Å². The van der Waals surface area contributed by atoms with Gasteiger partial charge in [0.05, 0.1) is 0 Å². The molecule has 0 aliphatic rings. The topological polar surface area (TPSA) is 102 Å². The number of nitrogens with zero attached hydrogens (tertiary/aromatic N) is 4. The van der Waals surface area contributed by atoms with Gasteiger partial charge in [-0.25, -0.2) is 0 Å². The van der Waals surface area contributed by atoms with Crippen LogP contribution in [-0.2, 0) is 9.47 Å². The average molecular weight is 400 g/mol. The average Bonchev–Trinajstić information content (AvgIpc) is 3.46. The Morgan fingerprint density at radius 1 is 0.600 bits per heavy atom. The zero-order chi connectivity index (χ0) is 20.8. The SMILES string of the molecule is CCO[C]c1n[nH]nc1-c1ccc(-c2ccc(-c3n[nH]nc3[C]OCC)cc2)cc1. The minimum absolute atomic E-state index is 0.527. The minimum Gasteiger partial charge on any atom is -0.362 e. The smallest absolute Gasteiger partial charge is 0.190 e. The lowest BCUT2D eigenvalue weighted by atomic mass is 10.00. The second kappa shape index (κ2) is 9.43. The molecule has 0 atom stereocenters. The van der Waals surface area contributed by atoms with E-state index in [-0.39, 0.29) is 0 Å². The van der Waals surface area contributed by atoms with Gasteiger partial charge in [-0.3, -0.25) is 0 Å². The summed E-state index contributed by atoms with van der Waals surface area (Å²) in [5, 5.41) is 21.8. The van der Waals surface area contributed by atoms with Crippen molar-refractivity contribution in [3.8, 4) is 33.6 Å². The Bertz CT molecular complexity index is 982. The second-order valence-corrected chi connectivity index (χ2v) is 6.27. The van der Waals surface area contributed by atoms with Crippen molar-refractivity contribution in [1.82, 2.24) is 30.8 Å². The van der Waals surface area contributed by atoms with Crippen LogP contribution in [0.4, 0.5) is 0 Å². The van der Waals surface area contributed by atoms with Crippen LogP contribution < -0.4 is 0 Å². The first-order chi connectivity index (χ1) is 14.8. The molecular formula is C22H20N6O2. The number of H-pyrrole nitrogens is 2. The van der Waals surface area contributed by atoms with Gasteiger partial charge in [0.1, 0.15) is 22.8 Å². The Morgan fingerprint density at radius 3 is 1.33 bits per heavy atom. The molecule has 0 fully saturated rings. The Hall–Kier alpha value is -3.36. The van der Waals surface area contributed by atoms with Crippen LogP contribution >= 0.6 is 0 Å². The van der Waals surface area contributed by atoms with Gasteiger partial charge in [0.2, 0.25) is 0 Å². The van der Waals surface area contributed by atoms with E-state index >= 15 is 0 Å². The standard InChI is InChI=1S/C22H20N6O2/c1-3-29-13-19-21(25-27-23-19)17-9-5-15(6-10-17)16-7-11-18(12-8-16)22-20(14-30-4-2)24-28-26-22/h5-12H,3-4H2,1-2H3,(H,23,25,27)(H,24,26,28). The van der Waals surface area contributed by atoms with E-state index in [4.69, 9.17) is 9.47 Å². The molecule has 8 heteroatoms. The van der Waals surface area contributed by atoms with Gasteiger partial charge < -0.3 is 9.47 Å². The largest absolute Gasteiger partial charge is 0.362 e. The minimum atomic E-state index is 0.527. The van der Waals surface area contributed by atoms with E-state index in [1.165, 1.54) is 0 Å². The molecule has 0 saturated heterocycles. The Morgan fingerprint density at radius 2 is 0.967 bits per heavy atom. The van der Waals surface area contributed by atoms with Crippen LogP contribution in [0.5, 0.6) is 0 Å². The van der Waals surface area contributed by atoms with Gasteiger partial charge in [0.15, 0.2) is 13.2 Å². The lowest BCUT2D eigenvalue weighted by molar-refractivity contribution is 0.228. The number of ether oxygens (including phenoxy) is 2. The van der Waals surface area contributed by atoms with Gasteiger partial charge >= 0.3 is 0 Å². The molecule has 4 aromatic rings. The van der Waals surface area contributed by atoms with Crippen molar-refractivity contribution in [2.75, 3.05) is 13.2 Å². The van der Waals surface area contributed by atoms with Crippen LogP contribution in [0, 0.1) is 13.2 Å². The lowest BCUT2D eigenvalue weighted by Gasteiger charge is -2.06. The van der Waals surface area contributed by atoms with Crippen LogP contribution in [0.1, 0.15) is 25.2 Å². The van der Waals surface area contributed by atoms with E-state index in [1.807, 2.05) is 62.4 Å². The van der Waals surface area contributed by atoms with Crippen molar-refractivity contribution in [1.29, 1.82) is 0 Å². The molecule has 4 rings (SSSR count). The second-order valence-electron chi connectivity index (χ2n) is 6.27. The van der Waals surface area contributed by atoms with Crippen molar-refractivity contribution in [2.24, 2.45) is 0 Å². The maximum atomic E-state index is 5.21. The molecule has 30 heavy (non-hydrogen) atoms. The van der Waals surface area contributed by atoms with Gasteiger partial charge in [-0.05, 0) is 25.0 Å². The quantitative estimate of drug-likeness (QED) is 0.443. The molecule has 8 nitrogen and oxygen atoms in total. The molecule has 2 aromatic heterocycles. The third kappa shape index (κ3) is 4.29. The summed E-state index contributed by atoms with van der Waals surface area (Å²) >= 11 is 0. The van der Waals surface area contributed by atoms with Crippen molar-refractivity contribution in [2.45, 2.75) is 13.8 Å². The number of aromatic nitrogens is 6. The number of aromatic amines is 2. The first-order valence-electron chi connectivity index (χ1n) is 9.58. The molecule has 2 aromatic carbocycles. The van der Waals surface area contributed by atoms with Gasteiger partial charge in [-0.2, -0.15) is 30.8 Å². The van der Waals surface area contributed by atoms with E-state index in [2.05, 4.69) is 44.0 Å². The molecule has 0 amide bonds. The highest BCUT2D eigenvalue weighted by molar-refractivity contribution is 5.72. The molecule has 0 unspecified atom stereocenters. The first kappa shape index (κ1) is 19.9. The normalized spacial score (nSPS) is 11.1. The fraction of sp³-hybridized carbons (Fsp3) is 0.182. The molecule has 0 aliphatic heterocycles.